The molecule has 0 unspecified atom stereocenters. The van der Waals surface area contributed by atoms with Gasteiger partial charge in [0, 0.05) is 18.7 Å². The number of hydrogen-bond acceptors (Lipinski definition) is 3. The van der Waals surface area contributed by atoms with Crippen molar-refractivity contribution in [3.8, 4) is 11.5 Å². The maximum Gasteiger partial charge on any atom is 0.122 e. The Kier molecular flexibility index (Phi) is 5.64. The van der Waals surface area contributed by atoms with E-state index in [4.69, 9.17) is 9.47 Å². The lowest BCUT2D eigenvalue weighted by molar-refractivity contribution is 0.393. The van der Waals surface area contributed by atoms with E-state index in [1.807, 2.05) is 12.1 Å². The molecule has 2 rings (SSSR count). The molecule has 0 fully saturated rings. The van der Waals surface area contributed by atoms with Crippen LogP contribution in [-0.4, -0.2) is 20.3 Å². The van der Waals surface area contributed by atoms with Crippen LogP contribution in [0.1, 0.15) is 18.1 Å². The van der Waals surface area contributed by atoms with Crippen molar-refractivity contribution in [1.29, 1.82) is 0 Å². The van der Waals surface area contributed by atoms with Gasteiger partial charge in [0.15, 0.2) is 0 Å². The van der Waals surface area contributed by atoms with E-state index in [1.165, 1.54) is 11.1 Å². The molecule has 2 aromatic rings. The summed E-state index contributed by atoms with van der Waals surface area (Å²) in [7, 11) is 3.35. The largest absolute Gasteiger partial charge is 0.497 e. The first-order valence-electron chi connectivity index (χ1n) is 7.20. The highest BCUT2D eigenvalue weighted by atomic mass is 16.5. The van der Waals surface area contributed by atoms with Gasteiger partial charge in [-0.15, -0.1) is 0 Å². The topological polar surface area (TPSA) is 30.5 Å². The standard InChI is InChI=1S/C18H23NO2/c1-14(19-13-15-7-5-4-6-8-15)9-16-10-17(20-2)12-18(11-16)21-3/h4-8,10-12,14,19H,9,13H2,1-3H3/t14-/m1/s1. The fourth-order valence-electron chi connectivity index (χ4n) is 2.30. The lowest BCUT2D eigenvalue weighted by atomic mass is 10.1. The van der Waals surface area contributed by atoms with Gasteiger partial charge >= 0.3 is 0 Å². The molecule has 3 heteroatoms. The monoisotopic (exact) mass is 285 g/mol. The van der Waals surface area contributed by atoms with E-state index in [1.54, 1.807) is 14.2 Å². The summed E-state index contributed by atoms with van der Waals surface area (Å²) < 4.78 is 10.6. The molecule has 0 aromatic heterocycles. The molecule has 0 radical (unpaired) electrons. The van der Waals surface area contributed by atoms with Crippen LogP contribution in [0.25, 0.3) is 0 Å². The van der Waals surface area contributed by atoms with Gasteiger partial charge in [-0.25, -0.2) is 0 Å². The van der Waals surface area contributed by atoms with Crippen molar-refractivity contribution in [2.24, 2.45) is 0 Å². The van der Waals surface area contributed by atoms with E-state index in [0.29, 0.717) is 6.04 Å². The summed E-state index contributed by atoms with van der Waals surface area (Å²) in [6.45, 7) is 3.07. The Hall–Kier alpha value is -2.00. The first-order chi connectivity index (χ1) is 10.2. The number of rotatable bonds is 7. The van der Waals surface area contributed by atoms with Gasteiger partial charge in [0.05, 0.1) is 14.2 Å². The highest BCUT2D eigenvalue weighted by Crippen LogP contribution is 2.23. The Labute approximate surface area is 126 Å². The number of nitrogens with one attached hydrogen (secondary N) is 1. The summed E-state index contributed by atoms with van der Waals surface area (Å²) in [5.74, 6) is 1.67. The molecule has 0 aliphatic rings. The van der Waals surface area contributed by atoms with Gasteiger partial charge in [-0.2, -0.15) is 0 Å². The van der Waals surface area contributed by atoms with Crippen LogP contribution in [0.4, 0.5) is 0 Å². The summed E-state index contributed by atoms with van der Waals surface area (Å²) in [5.41, 5.74) is 2.51. The zero-order valence-electron chi connectivity index (χ0n) is 12.9. The lowest BCUT2D eigenvalue weighted by Crippen LogP contribution is -2.27. The van der Waals surface area contributed by atoms with E-state index >= 15 is 0 Å². The summed E-state index contributed by atoms with van der Waals surface area (Å²) in [6, 6.07) is 16.8. The van der Waals surface area contributed by atoms with Crippen molar-refractivity contribution >= 4 is 0 Å². The summed E-state index contributed by atoms with van der Waals surface area (Å²) >= 11 is 0. The molecule has 0 aliphatic carbocycles. The Morgan fingerprint density at radius 2 is 1.52 bits per heavy atom. The van der Waals surface area contributed by atoms with Crippen molar-refractivity contribution in [1.82, 2.24) is 5.32 Å². The maximum atomic E-state index is 5.31. The molecule has 0 spiro atoms. The molecule has 21 heavy (non-hydrogen) atoms. The fraction of sp³-hybridized carbons (Fsp3) is 0.333. The molecule has 0 saturated carbocycles. The van der Waals surface area contributed by atoms with E-state index < -0.39 is 0 Å². The van der Waals surface area contributed by atoms with Gasteiger partial charge in [-0.05, 0) is 36.6 Å². The van der Waals surface area contributed by atoms with Crippen molar-refractivity contribution in [2.75, 3.05) is 14.2 Å². The first-order valence-corrected chi connectivity index (χ1v) is 7.20. The van der Waals surface area contributed by atoms with Crippen LogP contribution in [0.3, 0.4) is 0 Å². The highest BCUT2D eigenvalue weighted by Gasteiger charge is 2.07. The minimum Gasteiger partial charge on any atom is -0.497 e. The Balaban J connectivity index is 1.94. The number of benzene rings is 2. The molecule has 1 atom stereocenters. The van der Waals surface area contributed by atoms with Crippen LogP contribution in [-0.2, 0) is 13.0 Å². The number of hydrogen-bond donors (Lipinski definition) is 1. The fourth-order valence-corrected chi connectivity index (χ4v) is 2.30. The Morgan fingerprint density at radius 1 is 0.905 bits per heavy atom. The third-order valence-corrected chi connectivity index (χ3v) is 3.45. The van der Waals surface area contributed by atoms with Crippen LogP contribution in [0.15, 0.2) is 48.5 Å². The van der Waals surface area contributed by atoms with Gasteiger partial charge in [0.25, 0.3) is 0 Å². The van der Waals surface area contributed by atoms with Gasteiger partial charge < -0.3 is 14.8 Å². The highest BCUT2D eigenvalue weighted by molar-refractivity contribution is 5.38. The maximum absolute atomic E-state index is 5.31. The second kappa shape index (κ2) is 7.70. The predicted octanol–water partition coefficient (Wildman–Crippen LogP) is 3.42. The first kappa shape index (κ1) is 15.4. The summed E-state index contributed by atoms with van der Waals surface area (Å²) in [5, 5.41) is 3.54. The van der Waals surface area contributed by atoms with Crippen molar-refractivity contribution in [3.05, 3.63) is 59.7 Å². The zero-order valence-corrected chi connectivity index (χ0v) is 12.9. The van der Waals surface area contributed by atoms with Crippen LogP contribution in [0.2, 0.25) is 0 Å². The second-order valence-electron chi connectivity index (χ2n) is 5.19. The lowest BCUT2D eigenvalue weighted by Gasteiger charge is -2.15. The minimum absolute atomic E-state index is 0.377. The minimum atomic E-state index is 0.377. The third kappa shape index (κ3) is 4.80. The average Bonchev–Trinajstić information content (AvgIpc) is 2.53. The van der Waals surface area contributed by atoms with Crippen molar-refractivity contribution < 1.29 is 9.47 Å². The Bertz CT molecular complexity index is 532. The van der Waals surface area contributed by atoms with E-state index in [0.717, 1.165) is 24.5 Å². The molecule has 0 aliphatic heterocycles. The van der Waals surface area contributed by atoms with Crippen LogP contribution in [0, 0.1) is 0 Å². The zero-order chi connectivity index (χ0) is 15.1. The van der Waals surface area contributed by atoms with E-state index in [2.05, 4.69) is 48.6 Å². The summed E-state index contributed by atoms with van der Waals surface area (Å²) in [6.07, 6.45) is 0.931. The Morgan fingerprint density at radius 3 is 2.10 bits per heavy atom. The number of ether oxygens (including phenoxy) is 2. The van der Waals surface area contributed by atoms with Gasteiger partial charge in [0.1, 0.15) is 11.5 Å². The SMILES string of the molecule is COc1cc(C[C@@H](C)NCc2ccccc2)cc(OC)c1. The van der Waals surface area contributed by atoms with Crippen molar-refractivity contribution in [2.45, 2.75) is 25.9 Å². The van der Waals surface area contributed by atoms with Gasteiger partial charge in [0.2, 0.25) is 0 Å². The molecule has 0 heterocycles. The van der Waals surface area contributed by atoms with E-state index in [9.17, 15) is 0 Å². The molecule has 1 N–H and O–H groups in total. The van der Waals surface area contributed by atoms with Crippen LogP contribution >= 0.6 is 0 Å². The molecular formula is C18H23NO2. The molecule has 0 saturated heterocycles. The molecule has 0 bridgehead atoms. The molecule has 0 amide bonds. The van der Waals surface area contributed by atoms with Crippen molar-refractivity contribution in [3.63, 3.8) is 0 Å². The predicted molar refractivity (Wildman–Crippen MR) is 86.0 cm³/mol. The molecule has 3 nitrogen and oxygen atoms in total. The smallest absolute Gasteiger partial charge is 0.122 e. The number of methoxy groups -OCH3 is 2. The molecule has 112 valence electrons. The van der Waals surface area contributed by atoms with Gasteiger partial charge in [-0.1, -0.05) is 30.3 Å². The average molecular weight is 285 g/mol. The normalized spacial score (nSPS) is 12.0. The van der Waals surface area contributed by atoms with E-state index in [-0.39, 0.29) is 0 Å². The molecule has 2 aromatic carbocycles. The third-order valence-electron chi connectivity index (χ3n) is 3.45. The van der Waals surface area contributed by atoms with Crippen LogP contribution < -0.4 is 14.8 Å². The quantitative estimate of drug-likeness (QED) is 0.845. The molecular weight excluding hydrogens is 262 g/mol. The van der Waals surface area contributed by atoms with Gasteiger partial charge in [-0.3, -0.25) is 0 Å². The summed E-state index contributed by atoms with van der Waals surface area (Å²) in [4.78, 5) is 0. The van der Waals surface area contributed by atoms with Crippen LogP contribution in [0.5, 0.6) is 11.5 Å². The second-order valence-corrected chi connectivity index (χ2v) is 5.19.